The van der Waals surface area contributed by atoms with Crippen molar-refractivity contribution in [3.05, 3.63) is 40.8 Å². The third-order valence-corrected chi connectivity index (χ3v) is 3.58. The molecule has 2 aromatic heterocycles. The van der Waals surface area contributed by atoms with E-state index in [2.05, 4.69) is 15.0 Å². The van der Waals surface area contributed by atoms with Crippen molar-refractivity contribution in [2.75, 3.05) is 14.2 Å². The Balaban J connectivity index is 2.14. The summed E-state index contributed by atoms with van der Waals surface area (Å²) in [5.74, 6) is 1.28. The summed E-state index contributed by atoms with van der Waals surface area (Å²) in [4.78, 5) is 12.5. The molecule has 0 atom stereocenters. The van der Waals surface area contributed by atoms with Gasteiger partial charge in [-0.3, -0.25) is 0 Å². The number of rotatable bonds is 3. The SMILES string of the molecule is COc1ccc(-c2ccc3nc(Cl)nc(Cl)c3n2)cc1OC. The molecule has 22 heavy (non-hydrogen) atoms. The average Bonchev–Trinajstić information content (AvgIpc) is 2.53. The average molecular weight is 336 g/mol. The van der Waals surface area contributed by atoms with E-state index < -0.39 is 0 Å². The molecule has 7 heteroatoms. The second-order valence-electron chi connectivity index (χ2n) is 4.42. The minimum absolute atomic E-state index is 0.0955. The van der Waals surface area contributed by atoms with Gasteiger partial charge in [-0.1, -0.05) is 11.6 Å². The minimum Gasteiger partial charge on any atom is -0.493 e. The fourth-order valence-electron chi connectivity index (χ4n) is 2.11. The maximum absolute atomic E-state index is 6.09. The number of ether oxygens (including phenoxy) is 2. The molecule has 0 aliphatic heterocycles. The van der Waals surface area contributed by atoms with Crippen LogP contribution >= 0.6 is 23.2 Å². The van der Waals surface area contributed by atoms with E-state index in [1.54, 1.807) is 20.3 Å². The summed E-state index contributed by atoms with van der Waals surface area (Å²) in [6.07, 6.45) is 0. The molecule has 0 aliphatic carbocycles. The van der Waals surface area contributed by atoms with Crippen molar-refractivity contribution in [2.45, 2.75) is 0 Å². The zero-order chi connectivity index (χ0) is 15.7. The van der Waals surface area contributed by atoms with Crippen LogP contribution in [0.2, 0.25) is 10.4 Å². The Kier molecular flexibility index (Phi) is 4.00. The van der Waals surface area contributed by atoms with Crippen LogP contribution in [0.5, 0.6) is 11.5 Å². The van der Waals surface area contributed by atoms with Crippen LogP contribution in [0.3, 0.4) is 0 Å². The molecule has 5 nitrogen and oxygen atoms in total. The lowest BCUT2D eigenvalue weighted by molar-refractivity contribution is 0.355. The zero-order valence-corrected chi connectivity index (χ0v) is 13.3. The van der Waals surface area contributed by atoms with Crippen molar-refractivity contribution in [3.8, 4) is 22.8 Å². The van der Waals surface area contributed by atoms with Gasteiger partial charge in [0.25, 0.3) is 0 Å². The number of pyridine rings is 1. The highest BCUT2D eigenvalue weighted by Gasteiger charge is 2.11. The van der Waals surface area contributed by atoms with Gasteiger partial charge < -0.3 is 9.47 Å². The molecule has 0 N–H and O–H groups in total. The predicted octanol–water partition coefficient (Wildman–Crippen LogP) is 4.02. The molecule has 0 bridgehead atoms. The largest absolute Gasteiger partial charge is 0.493 e. The Labute approximate surface area is 136 Å². The van der Waals surface area contributed by atoms with E-state index in [4.69, 9.17) is 32.7 Å². The second kappa shape index (κ2) is 5.94. The van der Waals surface area contributed by atoms with E-state index in [0.29, 0.717) is 22.5 Å². The molecule has 3 rings (SSSR count). The van der Waals surface area contributed by atoms with E-state index in [9.17, 15) is 0 Å². The molecule has 0 unspecified atom stereocenters. The Morgan fingerprint density at radius 3 is 2.36 bits per heavy atom. The van der Waals surface area contributed by atoms with Crippen LogP contribution in [0.4, 0.5) is 0 Å². The van der Waals surface area contributed by atoms with Crippen LogP contribution in [0.1, 0.15) is 0 Å². The van der Waals surface area contributed by atoms with Crippen LogP contribution in [0.15, 0.2) is 30.3 Å². The Bertz CT molecular complexity index is 856. The van der Waals surface area contributed by atoms with Crippen LogP contribution < -0.4 is 9.47 Å². The lowest BCUT2D eigenvalue weighted by Gasteiger charge is -2.10. The fraction of sp³-hybridized carbons (Fsp3) is 0.133. The molecule has 0 radical (unpaired) electrons. The zero-order valence-electron chi connectivity index (χ0n) is 11.8. The Hall–Kier alpha value is -2.11. The van der Waals surface area contributed by atoms with Gasteiger partial charge in [0.2, 0.25) is 5.28 Å². The first-order chi connectivity index (χ1) is 10.6. The molecule has 0 saturated heterocycles. The maximum atomic E-state index is 6.09. The lowest BCUT2D eigenvalue weighted by atomic mass is 10.1. The number of nitrogens with zero attached hydrogens (tertiary/aromatic N) is 3. The number of halogens is 2. The summed E-state index contributed by atoms with van der Waals surface area (Å²) in [5.41, 5.74) is 2.68. The number of hydrogen-bond acceptors (Lipinski definition) is 5. The van der Waals surface area contributed by atoms with Crippen LogP contribution in [-0.4, -0.2) is 29.2 Å². The van der Waals surface area contributed by atoms with Gasteiger partial charge in [-0.15, -0.1) is 0 Å². The molecule has 0 spiro atoms. The third-order valence-electron chi connectivity index (χ3n) is 3.15. The molecule has 0 aliphatic rings. The van der Waals surface area contributed by atoms with Crippen molar-refractivity contribution in [1.29, 1.82) is 0 Å². The van der Waals surface area contributed by atoms with Crippen molar-refractivity contribution in [2.24, 2.45) is 0 Å². The molecular weight excluding hydrogens is 325 g/mol. The summed E-state index contributed by atoms with van der Waals surface area (Å²) in [6.45, 7) is 0. The van der Waals surface area contributed by atoms with E-state index in [-0.39, 0.29) is 10.4 Å². The highest BCUT2D eigenvalue weighted by Crippen LogP contribution is 2.32. The van der Waals surface area contributed by atoms with Crippen molar-refractivity contribution < 1.29 is 9.47 Å². The molecular formula is C15H11Cl2N3O2. The van der Waals surface area contributed by atoms with Crippen LogP contribution in [0, 0.1) is 0 Å². The van der Waals surface area contributed by atoms with Crippen molar-refractivity contribution in [1.82, 2.24) is 15.0 Å². The number of methoxy groups -OCH3 is 2. The maximum Gasteiger partial charge on any atom is 0.224 e. The molecule has 3 aromatic rings. The quantitative estimate of drug-likeness (QED) is 0.534. The second-order valence-corrected chi connectivity index (χ2v) is 5.11. The highest BCUT2D eigenvalue weighted by atomic mass is 35.5. The molecule has 2 heterocycles. The van der Waals surface area contributed by atoms with E-state index in [0.717, 1.165) is 11.3 Å². The van der Waals surface area contributed by atoms with E-state index in [1.165, 1.54) is 0 Å². The first kappa shape index (κ1) is 14.8. The van der Waals surface area contributed by atoms with Crippen molar-refractivity contribution >= 4 is 34.2 Å². The van der Waals surface area contributed by atoms with Gasteiger partial charge in [0.1, 0.15) is 5.52 Å². The van der Waals surface area contributed by atoms with Crippen molar-refractivity contribution in [3.63, 3.8) is 0 Å². The van der Waals surface area contributed by atoms with Gasteiger partial charge >= 0.3 is 0 Å². The highest BCUT2D eigenvalue weighted by molar-refractivity contribution is 6.35. The molecule has 1 aromatic carbocycles. The monoisotopic (exact) mass is 335 g/mol. The van der Waals surface area contributed by atoms with Gasteiger partial charge in [-0.25, -0.2) is 15.0 Å². The number of fused-ring (bicyclic) bond motifs is 1. The standard InChI is InChI=1S/C15H11Cl2N3O2/c1-21-11-6-3-8(7-12(11)22-2)9-4-5-10-13(18-9)14(16)20-15(17)19-10/h3-7H,1-2H3. The fourth-order valence-corrected chi connectivity index (χ4v) is 2.55. The molecule has 0 amide bonds. The molecule has 0 fully saturated rings. The third kappa shape index (κ3) is 2.65. The van der Waals surface area contributed by atoms with E-state index in [1.807, 2.05) is 24.3 Å². The Morgan fingerprint density at radius 1 is 0.864 bits per heavy atom. The number of aromatic nitrogens is 3. The molecule has 112 valence electrons. The summed E-state index contributed by atoms with van der Waals surface area (Å²) in [6, 6.07) is 9.19. The molecule has 0 saturated carbocycles. The topological polar surface area (TPSA) is 57.1 Å². The van der Waals surface area contributed by atoms with Gasteiger partial charge in [0.15, 0.2) is 16.7 Å². The smallest absolute Gasteiger partial charge is 0.224 e. The van der Waals surface area contributed by atoms with Crippen LogP contribution in [-0.2, 0) is 0 Å². The van der Waals surface area contributed by atoms with Gasteiger partial charge in [0.05, 0.1) is 25.4 Å². The number of hydrogen-bond donors (Lipinski definition) is 0. The lowest BCUT2D eigenvalue weighted by Crippen LogP contribution is -1.94. The summed E-state index contributed by atoms with van der Waals surface area (Å²) in [7, 11) is 3.18. The Morgan fingerprint density at radius 2 is 1.64 bits per heavy atom. The normalized spacial score (nSPS) is 10.7. The van der Waals surface area contributed by atoms with E-state index >= 15 is 0 Å². The van der Waals surface area contributed by atoms with Crippen LogP contribution in [0.25, 0.3) is 22.3 Å². The summed E-state index contributed by atoms with van der Waals surface area (Å²) < 4.78 is 10.5. The predicted molar refractivity (Wildman–Crippen MR) is 85.9 cm³/mol. The summed E-state index contributed by atoms with van der Waals surface area (Å²) >= 11 is 11.9. The van der Waals surface area contributed by atoms with Gasteiger partial charge in [0, 0.05) is 5.56 Å². The van der Waals surface area contributed by atoms with Gasteiger partial charge in [-0.05, 0) is 41.9 Å². The first-order valence-electron chi connectivity index (χ1n) is 6.34. The number of benzene rings is 1. The first-order valence-corrected chi connectivity index (χ1v) is 7.10. The minimum atomic E-state index is 0.0955. The van der Waals surface area contributed by atoms with Gasteiger partial charge in [-0.2, -0.15) is 0 Å². The summed E-state index contributed by atoms with van der Waals surface area (Å²) in [5, 5.41) is 0.315.